The number of anilines is 1. The van der Waals surface area contributed by atoms with E-state index in [1.165, 1.54) is 17.1 Å². The van der Waals surface area contributed by atoms with Crippen LogP contribution in [0.4, 0.5) is 10.5 Å². The Morgan fingerprint density at radius 1 is 1.17 bits per heavy atom. The monoisotopic (exact) mass is 348 g/mol. The number of para-hydroxylation sites is 1. The molecule has 0 atom stereocenters. The van der Waals surface area contributed by atoms with E-state index in [-0.39, 0.29) is 12.1 Å². The first-order valence-electron chi connectivity index (χ1n) is 8.85. The summed E-state index contributed by atoms with van der Waals surface area (Å²) in [6, 6.07) is 8.36. The lowest BCUT2D eigenvalue weighted by molar-refractivity contribution is 0.221. The average molecular weight is 349 g/mol. The number of piperidine rings is 1. The summed E-state index contributed by atoms with van der Waals surface area (Å²) in [5.41, 5.74) is 2.13. The number of urea groups is 1. The minimum Gasteiger partial charge on any atom is -0.335 e. The van der Waals surface area contributed by atoms with Crippen LogP contribution in [0.5, 0.6) is 0 Å². The van der Waals surface area contributed by atoms with Gasteiger partial charge in [-0.2, -0.15) is 11.8 Å². The predicted molar refractivity (Wildman–Crippen MR) is 102 cm³/mol. The second-order valence-corrected chi connectivity index (χ2v) is 7.95. The Kier molecular flexibility index (Phi) is 6.40. The fourth-order valence-corrected chi connectivity index (χ4v) is 4.26. The first kappa shape index (κ1) is 17.6. The first-order chi connectivity index (χ1) is 11.7. The van der Waals surface area contributed by atoms with Crippen LogP contribution < -0.4 is 10.6 Å². The van der Waals surface area contributed by atoms with E-state index in [1.807, 2.05) is 30.0 Å². The van der Waals surface area contributed by atoms with E-state index in [0.717, 1.165) is 51.3 Å². The van der Waals surface area contributed by atoms with Crippen molar-refractivity contribution < 1.29 is 4.79 Å². The number of nitrogens with zero attached hydrogens (tertiary/aromatic N) is 2. The van der Waals surface area contributed by atoms with Crippen molar-refractivity contribution in [2.75, 3.05) is 50.0 Å². The third kappa shape index (κ3) is 5.13. The minimum atomic E-state index is -0.0776. The molecular formula is C18H28N4OS. The molecule has 0 bridgehead atoms. The molecule has 2 amide bonds. The number of rotatable bonds is 4. The fourth-order valence-electron chi connectivity index (χ4n) is 3.28. The number of likely N-dealkylation sites (tertiary alicyclic amines) is 1. The SMILES string of the molecule is CN1CCC(NC(=O)Nc2ccccc2CN2CCSCC2)CC1. The fraction of sp³-hybridized carbons (Fsp3) is 0.611. The van der Waals surface area contributed by atoms with Crippen molar-refractivity contribution in [2.24, 2.45) is 0 Å². The summed E-state index contributed by atoms with van der Waals surface area (Å²) in [7, 11) is 2.13. The lowest BCUT2D eigenvalue weighted by Gasteiger charge is -2.30. The van der Waals surface area contributed by atoms with E-state index in [0.29, 0.717) is 0 Å². The standard InChI is InChI=1S/C18H28N4OS/c1-21-8-6-16(7-9-21)19-18(23)20-17-5-3-2-4-15(17)14-22-10-12-24-13-11-22/h2-5,16H,6-14H2,1H3,(H2,19,20,23). The summed E-state index contributed by atoms with van der Waals surface area (Å²) in [5, 5.41) is 6.19. The highest BCUT2D eigenvalue weighted by Gasteiger charge is 2.19. The highest BCUT2D eigenvalue weighted by Crippen LogP contribution is 2.20. The normalized spacial score (nSPS) is 20.7. The van der Waals surface area contributed by atoms with Crippen LogP contribution in [0.15, 0.2) is 24.3 Å². The van der Waals surface area contributed by atoms with E-state index >= 15 is 0 Å². The second kappa shape index (κ2) is 8.74. The Balaban J connectivity index is 1.55. The number of carbonyl (C=O) groups excluding carboxylic acids is 1. The Labute approximate surface area is 149 Å². The second-order valence-electron chi connectivity index (χ2n) is 6.72. The molecule has 2 fully saturated rings. The zero-order valence-corrected chi connectivity index (χ0v) is 15.3. The maximum absolute atomic E-state index is 12.4. The molecule has 2 N–H and O–H groups in total. The summed E-state index contributed by atoms with van der Waals surface area (Å²) in [6.45, 7) is 5.26. The number of nitrogens with one attached hydrogen (secondary N) is 2. The number of carbonyl (C=O) groups is 1. The maximum Gasteiger partial charge on any atom is 0.319 e. The van der Waals surface area contributed by atoms with Gasteiger partial charge in [-0.3, -0.25) is 4.90 Å². The highest BCUT2D eigenvalue weighted by molar-refractivity contribution is 7.99. The van der Waals surface area contributed by atoms with Crippen molar-refractivity contribution in [1.82, 2.24) is 15.1 Å². The van der Waals surface area contributed by atoms with E-state index in [1.54, 1.807) is 0 Å². The molecule has 132 valence electrons. The van der Waals surface area contributed by atoms with E-state index in [4.69, 9.17) is 0 Å². The lowest BCUT2D eigenvalue weighted by Crippen LogP contribution is -2.45. The number of hydrogen-bond acceptors (Lipinski definition) is 4. The van der Waals surface area contributed by atoms with Gasteiger partial charge in [0.2, 0.25) is 0 Å². The Hall–Kier alpha value is -1.24. The maximum atomic E-state index is 12.4. The van der Waals surface area contributed by atoms with Crippen molar-refractivity contribution in [2.45, 2.75) is 25.4 Å². The molecule has 24 heavy (non-hydrogen) atoms. The quantitative estimate of drug-likeness (QED) is 0.877. The summed E-state index contributed by atoms with van der Waals surface area (Å²) in [6.07, 6.45) is 2.05. The van der Waals surface area contributed by atoms with Crippen molar-refractivity contribution in [1.29, 1.82) is 0 Å². The zero-order chi connectivity index (χ0) is 16.8. The van der Waals surface area contributed by atoms with Gasteiger partial charge in [0.05, 0.1) is 0 Å². The molecule has 0 radical (unpaired) electrons. The highest BCUT2D eigenvalue weighted by atomic mass is 32.2. The van der Waals surface area contributed by atoms with E-state index in [2.05, 4.69) is 33.5 Å². The summed E-state index contributed by atoms with van der Waals surface area (Å²) >= 11 is 2.02. The molecule has 2 heterocycles. The van der Waals surface area contributed by atoms with Crippen LogP contribution in [0, 0.1) is 0 Å². The van der Waals surface area contributed by atoms with E-state index < -0.39 is 0 Å². The van der Waals surface area contributed by atoms with Gasteiger partial charge in [-0.05, 0) is 44.6 Å². The largest absolute Gasteiger partial charge is 0.335 e. The molecule has 0 aromatic heterocycles. The van der Waals surface area contributed by atoms with Crippen molar-refractivity contribution in [3.8, 4) is 0 Å². The zero-order valence-electron chi connectivity index (χ0n) is 14.5. The summed E-state index contributed by atoms with van der Waals surface area (Å²) in [4.78, 5) is 17.1. The van der Waals surface area contributed by atoms with Gasteiger partial charge in [-0.25, -0.2) is 4.79 Å². The Bertz CT molecular complexity index is 540. The van der Waals surface area contributed by atoms with Gasteiger partial charge in [-0.15, -0.1) is 0 Å². The van der Waals surface area contributed by atoms with Crippen LogP contribution in [-0.2, 0) is 6.54 Å². The first-order valence-corrected chi connectivity index (χ1v) is 10.0. The van der Waals surface area contributed by atoms with Gasteiger partial charge in [0, 0.05) is 42.9 Å². The minimum absolute atomic E-state index is 0.0776. The van der Waals surface area contributed by atoms with Gasteiger partial charge < -0.3 is 15.5 Å². The molecule has 5 nitrogen and oxygen atoms in total. The number of amides is 2. The van der Waals surface area contributed by atoms with Crippen molar-refractivity contribution >= 4 is 23.5 Å². The third-order valence-corrected chi connectivity index (χ3v) is 5.76. The topological polar surface area (TPSA) is 47.6 Å². The van der Waals surface area contributed by atoms with E-state index in [9.17, 15) is 4.79 Å². The van der Waals surface area contributed by atoms with Crippen LogP contribution in [-0.4, -0.2) is 66.6 Å². The van der Waals surface area contributed by atoms with Crippen molar-refractivity contribution in [3.63, 3.8) is 0 Å². The van der Waals surface area contributed by atoms with Crippen molar-refractivity contribution in [3.05, 3.63) is 29.8 Å². The number of thioether (sulfide) groups is 1. The molecule has 3 rings (SSSR count). The van der Waals surface area contributed by atoms with Gasteiger partial charge in [0.15, 0.2) is 0 Å². The van der Waals surface area contributed by atoms with Gasteiger partial charge in [0.1, 0.15) is 0 Å². The number of benzene rings is 1. The van der Waals surface area contributed by atoms with Gasteiger partial charge in [-0.1, -0.05) is 18.2 Å². The molecule has 2 saturated heterocycles. The van der Waals surface area contributed by atoms with Crippen LogP contribution in [0.3, 0.4) is 0 Å². The van der Waals surface area contributed by atoms with Gasteiger partial charge in [0.25, 0.3) is 0 Å². The van der Waals surface area contributed by atoms with Crippen LogP contribution in [0.25, 0.3) is 0 Å². The molecule has 0 spiro atoms. The average Bonchev–Trinajstić information content (AvgIpc) is 2.60. The lowest BCUT2D eigenvalue weighted by atomic mass is 10.1. The van der Waals surface area contributed by atoms with Crippen LogP contribution in [0.1, 0.15) is 18.4 Å². The molecule has 0 unspecified atom stereocenters. The molecule has 1 aromatic carbocycles. The Morgan fingerprint density at radius 2 is 1.88 bits per heavy atom. The molecule has 2 aliphatic rings. The molecule has 0 saturated carbocycles. The smallest absolute Gasteiger partial charge is 0.319 e. The molecule has 6 heteroatoms. The Morgan fingerprint density at radius 3 is 2.62 bits per heavy atom. The summed E-state index contributed by atoms with van der Waals surface area (Å²) in [5.74, 6) is 2.40. The molecule has 1 aromatic rings. The predicted octanol–water partition coefficient (Wildman–Crippen LogP) is 2.45. The molecule has 2 aliphatic heterocycles. The van der Waals surface area contributed by atoms with Gasteiger partial charge >= 0.3 is 6.03 Å². The summed E-state index contributed by atoms with van der Waals surface area (Å²) < 4.78 is 0. The van der Waals surface area contributed by atoms with Crippen LogP contribution in [0.2, 0.25) is 0 Å². The molecular weight excluding hydrogens is 320 g/mol. The number of hydrogen-bond donors (Lipinski definition) is 2. The van der Waals surface area contributed by atoms with Crippen LogP contribution >= 0.6 is 11.8 Å². The third-order valence-electron chi connectivity index (χ3n) is 4.82. The molecule has 0 aliphatic carbocycles.